The molecule has 0 aliphatic carbocycles. The minimum Gasteiger partial charge on any atom is -0.329 e. The highest BCUT2D eigenvalue weighted by Crippen LogP contribution is 2.48. The summed E-state index contributed by atoms with van der Waals surface area (Å²) in [4.78, 5) is 37.1. The molecule has 0 heterocycles. The zero-order valence-electron chi connectivity index (χ0n) is 29.3. The van der Waals surface area contributed by atoms with Gasteiger partial charge in [0.25, 0.3) is 0 Å². The van der Waals surface area contributed by atoms with Gasteiger partial charge in [-0.1, -0.05) is 142 Å². The molecule has 0 spiro atoms. The minimum atomic E-state index is -4.60. The van der Waals surface area contributed by atoms with Gasteiger partial charge in [0.05, 0.1) is 21.1 Å². The molecule has 0 saturated carbocycles. The average molecular weight is 633 g/mol. The highest BCUT2D eigenvalue weighted by molar-refractivity contribution is 7.47. The van der Waals surface area contributed by atoms with Gasteiger partial charge in [0, 0.05) is 12.8 Å². The molecule has 7 nitrogen and oxygen atoms in total. The number of carbonyl (C=O) groups is 2. The smallest absolute Gasteiger partial charge is 0.329 e. The van der Waals surface area contributed by atoms with Crippen LogP contribution in [0, 0.1) is 0 Å². The SMILES string of the molecule is CCCCCCCCCCCCCC(=O)C(C)(OP(=O)(O)OCC[N+](C)(C)C)C(=O)CCCCCCCCCCCCC. The highest BCUT2D eigenvalue weighted by Gasteiger charge is 2.46. The molecular weight excluding hydrogens is 561 g/mol. The van der Waals surface area contributed by atoms with Crippen LogP contribution in [0.5, 0.6) is 0 Å². The molecule has 1 N–H and O–H groups in total. The first kappa shape index (κ1) is 42.4. The van der Waals surface area contributed by atoms with Crippen LogP contribution in [-0.2, 0) is 23.2 Å². The van der Waals surface area contributed by atoms with Crippen molar-refractivity contribution in [2.45, 2.75) is 180 Å². The van der Waals surface area contributed by atoms with E-state index in [1.807, 2.05) is 21.1 Å². The van der Waals surface area contributed by atoms with E-state index < -0.39 is 25.0 Å². The van der Waals surface area contributed by atoms with Gasteiger partial charge < -0.3 is 9.38 Å². The first-order chi connectivity index (χ1) is 20.4. The maximum absolute atomic E-state index is 13.3. The Morgan fingerprint density at radius 2 is 0.907 bits per heavy atom. The molecule has 1 unspecified atom stereocenters. The molecule has 0 rings (SSSR count). The fourth-order valence-electron chi connectivity index (χ4n) is 5.32. The first-order valence-corrected chi connectivity index (χ1v) is 19.4. The van der Waals surface area contributed by atoms with Crippen molar-refractivity contribution < 1.29 is 32.6 Å². The quantitative estimate of drug-likeness (QED) is 0.0343. The third-order valence-electron chi connectivity index (χ3n) is 8.39. The van der Waals surface area contributed by atoms with Crippen molar-refractivity contribution in [3.63, 3.8) is 0 Å². The minimum absolute atomic E-state index is 0.00700. The third-order valence-corrected chi connectivity index (χ3v) is 9.50. The van der Waals surface area contributed by atoms with E-state index in [0.29, 0.717) is 23.9 Å². The maximum Gasteiger partial charge on any atom is 0.473 e. The normalized spacial score (nSPS) is 13.7. The first-order valence-electron chi connectivity index (χ1n) is 17.9. The number of ketones is 2. The van der Waals surface area contributed by atoms with Crippen molar-refractivity contribution in [1.29, 1.82) is 0 Å². The van der Waals surface area contributed by atoms with Crippen LogP contribution in [0.2, 0.25) is 0 Å². The summed E-state index contributed by atoms with van der Waals surface area (Å²) in [5.41, 5.74) is -1.96. The molecule has 0 fully saturated rings. The number of quaternary nitrogens is 1. The Hall–Kier alpha value is -0.590. The Balaban J connectivity index is 4.73. The van der Waals surface area contributed by atoms with Crippen molar-refractivity contribution in [3.05, 3.63) is 0 Å². The Morgan fingerprint density at radius 1 is 0.605 bits per heavy atom. The van der Waals surface area contributed by atoms with E-state index in [4.69, 9.17) is 9.05 Å². The summed E-state index contributed by atoms with van der Waals surface area (Å²) in [6.45, 7) is 6.33. The third kappa shape index (κ3) is 24.3. The van der Waals surface area contributed by atoms with Gasteiger partial charge in [0.2, 0.25) is 0 Å². The summed E-state index contributed by atoms with van der Waals surface area (Å²) in [5, 5.41) is 0. The van der Waals surface area contributed by atoms with Gasteiger partial charge in [0.1, 0.15) is 13.2 Å². The molecule has 43 heavy (non-hydrogen) atoms. The zero-order chi connectivity index (χ0) is 32.5. The molecule has 1 atom stereocenters. The molecule has 0 aromatic heterocycles. The topological polar surface area (TPSA) is 89.9 Å². The number of hydrogen-bond donors (Lipinski definition) is 1. The van der Waals surface area contributed by atoms with E-state index >= 15 is 0 Å². The number of phosphoric ester groups is 1. The second-order valence-electron chi connectivity index (χ2n) is 13.9. The maximum atomic E-state index is 13.3. The molecule has 0 aliphatic heterocycles. The lowest BCUT2D eigenvalue weighted by Crippen LogP contribution is -2.46. The van der Waals surface area contributed by atoms with E-state index in [0.717, 1.165) is 38.5 Å². The summed E-state index contributed by atoms with van der Waals surface area (Å²) in [6.07, 6.45) is 25.9. The van der Waals surface area contributed by atoms with E-state index in [1.165, 1.54) is 96.8 Å². The van der Waals surface area contributed by atoms with Crippen LogP contribution in [-0.4, -0.2) is 60.8 Å². The summed E-state index contributed by atoms with van der Waals surface area (Å²) >= 11 is 0. The van der Waals surface area contributed by atoms with Crippen LogP contribution in [0.15, 0.2) is 0 Å². The van der Waals surface area contributed by atoms with Crippen LogP contribution in [0.4, 0.5) is 0 Å². The number of hydrogen-bond acceptors (Lipinski definition) is 5. The number of likely N-dealkylation sites (N-methyl/N-ethyl adjacent to an activating group) is 1. The summed E-state index contributed by atoms with van der Waals surface area (Å²) in [6, 6.07) is 0. The van der Waals surface area contributed by atoms with Crippen molar-refractivity contribution in [1.82, 2.24) is 0 Å². The van der Waals surface area contributed by atoms with E-state index in [2.05, 4.69) is 13.8 Å². The molecular formula is C35H71NO6P+. The second kappa shape index (κ2) is 25.6. The van der Waals surface area contributed by atoms with Crippen molar-refractivity contribution in [2.75, 3.05) is 34.3 Å². The lowest BCUT2D eigenvalue weighted by molar-refractivity contribution is -0.870. The lowest BCUT2D eigenvalue weighted by atomic mass is 9.89. The van der Waals surface area contributed by atoms with Crippen molar-refractivity contribution >= 4 is 19.4 Å². The van der Waals surface area contributed by atoms with Crippen LogP contribution in [0.3, 0.4) is 0 Å². The summed E-state index contributed by atoms with van der Waals surface area (Å²) in [5.74, 6) is -0.832. The zero-order valence-corrected chi connectivity index (χ0v) is 30.2. The molecule has 0 aromatic rings. The molecule has 0 bridgehead atoms. The molecule has 8 heteroatoms. The van der Waals surface area contributed by atoms with Gasteiger partial charge in [0.15, 0.2) is 17.2 Å². The predicted octanol–water partition coefficient (Wildman–Crippen LogP) is 10.1. The lowest BCUT2D eigenvalue weighted by Gasteiger charge is -2.29. The molecule has 0 aromatic carbocycles. The largest absolute Gasteiger partial charge is 0.473 e. The van der Waals surface area contributed by atoms with Crippen molar-refractivity contribution in [2.24, 2.45) is 0 Å². The van der Waals surface area contributed by atoms with Crippen LogP contribution >= 0.6 is 7.82 Å². The Labute approximate surface area is 266 Å². The van der Waals surface area contributed by atoms with Crippen molar-refractivity contribution in [3.8, 4) is 0 Å². The molecule has 0 aliphatic rings. The Morgan fingerprint density at radius 3 is 1.21 bits per heavy atom. The van der Waals surface area contributed by atoms with Gasteiger partial charge >= 0.3 is 7.82 Å². The summed E-state index contributed by atoms with van der Waals surface area (Å²) < 4.78 is 24.0. The van der Waals surface area contributed by atoms with Gasteiger partial charge in [-0.25, -0.2) is 4.57 Å². The van der Waals surface area contributed by atoms with Crippen LogP contribution in [0.25, 0.3) is 0 Å². The van der Waals surface area contributed by atoms with Gasteiger partial charge in [-0.05, 0) is 19.8 Å². The molecule has 0 radical (unpaired) electrons. The molecule has 0 amide bonds. The van der Waals surface area contributed by atoms with Gasteiger partial charge in [-0.15, -0.1) is 0 Å². The fourth-order valence-corrected chi connectivity index (χ4v) is 6.35. The molecule has 0 saturated heterocycles. The van der Waals surface area contributed by atoms with E-state index in [9.17, 15) is 19.0 Å². The average Bonchev–Trinajstić information content (AvgIpc) is 2.93. The second-order valence-corrected chi connectivity index (χ2v) is 15.2. The summed E-state index contributed by atoms with van der Waals surface area (Å²) in [7, 11) is 1.25. The van der Waals surface area contributed by atoms with E-state index in [1.54, 1.807) is 0 Å². The Bertz CT molecular complexity index is 713. The number of unbranched alkanes of at least 4 members (excludes halogenated alkanes) is 20. The number of rotatable bonds is 32. The molecule has 256 valence electrons. The standard InChI is InChI=1S/C35H70NO6P/c1-7-9-11-13-15-17-19-21-23-25-27-29-33(37)35(3,42-43(39,40)41-32-31-36(4,5)6)34(38)30-28-26-24-22-20-18-16-14-12-10-8-2/h7-32H2,1-6H3/p+1. The Kier molecular flexibility index (Phi) is 25.2. The predicted molar refractivity (Wildman–Crippen MR) is 180 cm³/mol. The fraction of sp³-hybridized carbons (Fsp3) is 0.943. The number of nitrogens with zero attached hydrogens (tertiary/aromatic N) is 1. The number of Topliss-reactive ketones (excluding diaryl/α,β-unsaturated/α-hetero) is 2. The van der Waals surface area contributed by atoms with Gasteiger partial charge in [-0.2, -0.15) is 0 Å². The number of phosphoric acid groups is 1. The van der Waals surface area contributed by atoms with Crippen LogP contribution in [0.1, 0.15) is 175 Å². The van der Waals surface area contributed by atoms with Gasteiger partial charge in [-0.3, -0.25) is 18.6 Å². The highest BCUT2D eigenvalue weighted by atomic mass is 31.2. The number of carbonyl (C=O) groups excluding carboxylic acids is 2. The van der Waals surface area contributed by atoms with Crippen LogP contribution < -0.4 is 0 Å². The monoisotopic (exact) mass is 633 g/mol. The van der Waals surface area contributed by atoms with E-state index in [-0.39, 0.29) is 19.4 Å².